The monoisotopic (exact) mass is 299 g/mol. The zero-order valence-corrected chi connectivity index (χ0v) is 12.6. The van der Waals surface area contributed by atoms with Crippen LogP contribution >= 0.6 is 11.3 Å². The minimum absolute atomic E-state index is 0.0455. The summed E-state index contributed by atoms with van der Waals surface area (Å²) in [5, 5.41) is 9.52. The summed E-state index contributed by atoms with van der Waals surface area (Å²) in [6.07, 6.45) is 0.696. The van der Waals surface area contributed by atoms with Gasteiger partial charge in [0.25, 0.3) is 0 Å². The van der Waals surface area contributed by atoms with Gasteiger partial charge in [0.05, 0.1) is 6.04 Å². The minimum Gasteiger partial charge on any atom is -0.338 e. The summed E-state index contributed by atoms with van der Waals surface area (Å²) in [7, 11) is 0. The number of thiophene rings is 1. The second-order valence-electron chi connectivity index (χ2n) is 4.89. The van der Waals surface area contributed by atoms with Crippen LogP contribution in [-0.4, -0.2) is 10.1 Å². The van der Waals surface area contributed by atoms with Gasteiger partial charge in [-0.2, -0.15) is 4.98 Å². The molecule has 1 unspecified atom stereocenters. The van der Waals surface area contributed by atoms with Crippen LogP contribution in [0.1, 0.15) is 35.1 Å². The van der Waals surface area contributed by atoms with Crippen molar-refractivity contribution in [1.82, 2.24) is 15.5 Å². The van der Waals surface area contributed by atoms with Crippen LogP contribution in [0.25, 0.3) is 0 Å². The van der Waals surface area contributed by atoms with E-state index in [-0.39, 0.29) is 6.04 Å². The number of hydrogen-bond donors (Lipinski definition) is 1. The van der Waals surface area contributed by atoms with Crippen LogP contribution in [0.2, 0.25) is 0 Å². The molecule has 1 aromatic carbocycles. The minimum atomic E-state index is 0.0455. The molecule has 0 radical (unpaired) electrons. The predicted molar refractivity (Wildman–Crippen MR) is 83.1 cm³/mol. The van der Waals surface area contributed by atoms with Crippen LogP contribution in [0.5, 0.6) is 0 Å². The molecule has 21 heavy (non-hydrogen) atoms. The Morgan fingerprint density at radius 2 is 2.05 bits per heavy atom. The largest absolute Gasteiger partial charge is 0.338 e. The maximum atomic E-state index is 5.35. The molecule has 1 N–H and O–H groups in total. The first-order valence-corrected chi connectivity index (χ1v) is 7.81. The molecule has 0 amide bonds. The third-order valence-corrected chi connectivity index (χ3v) is 4.10. The van der Waals surface area contributed by atoms with Gasteiger partial charge in [0.1, 0.15) is 0 Å². The first-order valence-electron chi connectivity index (χ1n) is 6.93. The van der Waals surface area contributed by atoms with Crippen LogP contribution < -0.4 is 5.32 Å². The van der Waals surface area contributed by atoms with E-state index in [1.165, 1.54) is 10.4 Å². The van der Waals surface area contributed by atoms with Gasteiger partial charge in [-0.05, 0) is 23.9 Å². The van der Waals surface area contributed by atoms with E-state index in [9.17, 15) is 0 Å². The predicted octanol–water partition coefficient (Wildman–Crippen LogP) is 3.57. The topological polar surface area (TPSA) is 51.0 Å². The summed E-state index contributed by atoms with van der Waals surface area (Å²) >= 11 is 1.74. The van der Waals surface area contributed by atoms with Gasteiger partial charge in [-0.1, -0.05) is 41.6 Å². The Morgan fingerprint density at radius 3 is 2.81 bits per heavy atom. The molecule has 1 atom stereocenters. The highest BCUT2D eigenvalue weighted by atomic mass is 32.1. The van der Waals surface area contributed by atoms with Gasteiger partial charge >= 0.3 is 0 Å². The average Bonchev–Trinajstić information content (AvgIpc) is 3.17. The van der Waals surface area contributed by atoms with Crippen LogP contribution in [0.15, 0.2) is 52.4 Å². The summed E-state index contributed by atoms with van der Waals surface area (Å²) in [4.78, 5) is 5.77. The second kappa shape index (κ2) is 6.65. The van der Waals surface area contributed by atoms with Crippen LogP contribution in [0.4, 0.5) is 0 Å². The first kappa shape index (κ1) is 14.0. The fourth-order valence-corrected chi connectivity index (χ4v) is 2.70. The van der Waals surface area contributed by atoms with Crippen molar-refractivity contribution in [2.24, 2.45) is 0 Å². The van der Waals surface area contributed by atoms with Crippen molar-refractivity contribution >= 4 is 11.3 Å². The highest BCUT2D eigenvalue weighted by Gasteiger charge is 2.14. The molecule has 0 saturated heterocycles. The van der Waals surface area contributed by atoms with E-state index in [2.05, 4.69) is 45.1 Å². The smallest absolute Gasteiger partial charge is 0.243 e. The Kier molecular flexibility index (Phi) is 4.43. The molecule has 0 aliphatic carbocycles. The summed E-state index contributed by atoms with van der Waals surface area (Å²) in [6.45, 7) is 2.85. The van der Waals surface area contributed by atoms with Gasteiger partial charge in [-0.25, -0.2) is 0 Å². The number of hydrogen-bond acceptors (Lipinski definition) is 5. The van der Waals surface area contributed by atoms with E-state index in [1.807, 2.05) is 25.1 Å². The van der Waals surface area contributed by atoms with Crippen LogP contribution in [-0.2, 0) is 13.0 Å². The van der Waals surface area contributed by atoms with Gasteiger partial charge in [-0.3, -0.25) is 0 Å². The highest BCUT2D eigenvalue weighted by Crippen LogP contribution is 2.14. The third-order valence-electron chi connectivity index (χ3n) is 3.22. The number of nitrogens with one attached hydrogen (secondary N) is 1. The quantitative estimate of drug-likeness (QED) is 0.756. The normalized spacial score (nSPS) is 12.4. The molecule has 5 heteroatoms. The highest BCUT2D eigenvalue weighted by molar-refractivity contribution is 7.09. The number of aromatic nitrogens is 2. The Balaban J connectivity index is 1.59. The molecular weight excluding hydrogens is 282 g/mol. The van der Waals surface area contributed by atoms with Crippen molar-refractivity contribution in [2.75, 3.05) is 0 Å². The van der Waals surface area contributed by atoms with Crippen LogP contribution in [0, 0.1) is 0 Å². The molecule has 2 aromatic heterocycles. The van der Waals surface area contributed by atoms with E-state index in [1.54, 1.807) is 11.3 Å². The Labute approximate surface area is 127 Å². The zero-order chi connectivity index (χ0) is 14.5. The lowest BCUT2D eigenvalue weighted by Crippen LogP contribution is -2.17. The van der Waals surface area contributed by atoms with Gasteiger partial charge in [0, 0.05) is 17.8 Å². The molecule has 0 fully saturated rings. The van der Waals surface area contributed by atoms with Crippen molar-refractivity contribution in [1.29, 1.82) is 0 Å². The van der Waals surface area contributed by atoms with E-state index < -0.39 is 0 Å². The molecular formula is C16H17N3OS. The fourth-order valence-electron chi connectivity index (χ4n) is 2.05. The molecule has 0 aliphatic rings. The lowest BCUT2D eigenvalue weighted by atomic mass is 10.1. The van der Waals surface area contributed by atoms with Gasteiger partial charge in [0.15, 0.2) is 5.82 Å². The maximum Gasteiger partial charge on any atom is 0.243 e. The van der Waals surface area contributed by atoms with Crippen molar-refractivity contribution in [3.8, 4) is 0 Å². The standard InChI is InChI=1S/C16H17N3OS/c1-12(17-11-14-8-5-9-21-14)16-18-15(19-20-16)10-13-6-3-2-4-7-13/h2-9,12,17H,10-11H2,1H3. The summed E-state index contributed by atoms with van der Waals surface area (Å²) in [5.74, 6) is 1.36. The Morgan fingerprint density at radius 1 is 1.19 bits per heavy atom. The third kappa shape index (κ3) is 3.77. The lowest BCUT2D eigenvalue weighted by molar-refractivity contribution is 0.336. The molecule has 4 nitrogen and oxygen atoms in total. The Hall–Kier alpha value is -1.98. The summed E-state index contributed by atoms with van der Waals surface area (Å²) in [6, 6.07) is 14.4. The first-order chi connectivity index (χ1) is 10.3. The fraction of sp³-hybridized carbons (Fsp3) is 0.250. The van der Waals surface area contributed by atoms with Crippen molar-refractivity contribution in [3.63, 3.8) is 0 Å². The van der Waals surface area contributed by atoms with E-state index in [4.69, 9.17) is 4.52 Å². The molecule has 0 aliphatic heterocycles. The average molecular weight is 299 g/mol. The zero-order valence-electron chi connectivity index (χ0n) is 11.8. The van der Waals surface area contributed by atoms with Gasteiger partial charge in [0.2, 0.25) is 5.89 Å². The van der Waals surface area contributed by atoms with E-state index in [0.29, 0.717) is 12.3 Å². The summed E-state index contributed by atoms with van der Waals surface area (Å²) in [5.41, 5.74) is 1.18. The SMILES string of the molecule is CC(NCc1cccs1)c1nc(Cc2ccccc2)no1. The molecule has 3 aromatic rings. The van der Waals surface area contributed by atoms with E-state index >= 15 is 0 Å². The molecule has 2 heterocycles. The van der Waals surface area contributed by atoms with Crippen molar-refractivity contribution in [3.05, 3.63) is 70.0 Å². The molecule has 0 spiro atoms. The molecule has 3 rings (SSSR count). The number of rotatable bonds is 6. The molecule has 0 saturated carbocycles. The molecule has 0 bridgehead atoms. The lowest BCUT2D eigenvalue weighted by Gasteiger charge is -2.07. The van der Waals surface area contributed by atoms with Gasteiger partial charge in [-0.15, -0.1) is 11.3 Å². The Bertz CT molecular complexity index is 664. The van der Waals surface area contributed by atoms with Gasteiger partial charge < -0.3 is 9.84 Å². The molecule has 108 valence electrons. The number of benzene rings is 1. The second-order valence-corrected chi connectivity index (χ2v) is 5.93. The van der Waals surface area contributed by atoms with Crippen LogP contribution in [0.3, 0.4) is 0 Å². The number of nitrogens with zero attached hydrogens (tertiary/aromatic N) is 2. The van der Waals surface area contributed by atoms with Crippen molar-refractivity contribution in [2.45, 2.75) is 25.9 Å². The van der Waals surface area contributed by atoms with Crippen molar-refractivity contribution < 1.29 is 4.52 Å². The van der Waals surface area contributed by atoms with E-state index in [0.717, 1.165) is 12.4 Å². The maximum absolute atomic E-state index is 5.35. The summed E-state index contributed by atoms with van der Waals surface area (Å²) < 4.78 is 5.35.